The van der Waals surface area contributed by atoms with E-state index in [0.29, 0.717) is 6.79 Å². The van der Waals surface area contributed by atoms with Crippen LogP contribution < -0.4 is 14.8 Å². The van der Waals surface area contributed by atoms with Gasteiger partial charge in [0.2, 0.25) is 6.79 Å². The number of rotatable bonds is 4. The Hall–Kier alpha value is -1.26. The third kappa shape index (κ3) is 2.22. The molecule has 15 heavy (non-hydrogen) atoms. The van der Waals surface area contributed by atoms with Crippen molar-refractivity contribution < 1.29 is 14.6 Å². The van der Waals surface area contributed by atoms with Crippen molar-refractivity contribution in [2.75, 3.05) is 20.1 Å². The van der Waals surface area contributed by atoms with E-state index in [9.17, 15) is 0 Å². The van der Waals surface area contributed by atoms with E-state index in [1.807, 2.05) is 12.1 Å². The van der Waals surface area contributed by atoms with Gasteiger partial charge in [-0.15, -0.1) is 0 Å². The fourth-order valence-electron chi connectivity index (χ4n) is 1.66. The summed E-state index contributed by atoms with van der Waals surface area (Å²) in [5.74, 6) is 1.64. The Bertz CT molecular complexity index is 352. The van der Waals surface area contributed by atoms with Gasteiger partial charge in [-0.1, -0.05) is 0 Å². The van der Waals surface area contributed by atoms with Crippen LogP contribution in [0.3, 0.4) is 0 Å². The Balaban J connectivity index is 2.10. The van der Waals surface area contributed by atoms with Gasteiger partial charge in [0, 0.05) is 6.54 Å². The molecular formula is C11H15NO3. The molecule has 1 aliphatic rings. The van der Waals surface area contributed by atoms with Gasteiger partial charge < -0.3 is 14.6 Å². The fraction of sp³-hybridized carbons (Fsp3) is 0.455. The lowest BCUT2D eigenvalue weighted by Gasteiger charge is -2.07. The molecule has 82 valence electrons. The second-order valence-corrected chi connectivity index (χ2v) is 3.54. The van der Waals surface area contributed by atoms with Crippen molar-refractivity contribution in [3.8, 4) is 11.5 Å². The smallest absolute Gasteiger partial charge is 0.231 e. The van der Waals surface area contributed by atoms with Gasteiger partial charge >= 0.3 is 0 Å². The van der Waals surface area contributed by atoms with Crippen LogP contribution in [-0.4, -0.2) is 25.2 Å². The zero-order chi connectivity index (χ0) is 10.7. The summed E-state index contributed by atoms with van der Waals surface area (Å²) in [7, 11) is 0. The minimum Gasteiger partial charge on any atom is -0.454 e. The first-order valence-electron chi connectivity index (χ1n) is 5.02. The molecule has 0 bridgehead atoms. The van der Waals surface area contributed by atoms with E-state index in [1.165, 1.54) is 11.1 Å². The maximum Gasteiger partial charge on any atom is 0.231 e. The molecule has 2 rings (SSSR count). The van der Waals surface area contributed by atoms with Crippen LogP contribution in [0.1, 0.15) is 11.1 Å². The zero-order valence-electron chi connectivity index (χ0n) is 8.75. The normalized spacial score (nSPS) is 13.2. The van der Waals surface area contributed by atoms with Gasteiger partial charge in [0.1, 0.15) is 0 Å². The Morgan fingerprint density at radius 2 is 2.07 bits per heavy atom. The molecule has 0 atom stereocenters. The summed E-state index contributed by atoms with van der Waals surface area (Å²) in [6.45, 7) is 3.14. The number of nitrogens with one attached hydrogen (secondary N) is 1. The maximum atomic E-state index is 8.61. The number of ether oxygens (including phenoxy) is 2. The molecule has 0 fully saturated rings. The first kappa shape index (κ1) is 10.3. The van der Waals surface area contributed by atoms with Crippen molar-refractivity contribution in [3.63, 3.8) is 0 Å². The lowest BCUT2D eigenvalue weighted by atomic mass is 10.0. The number of hydrogen-bond donors (Lipinski definition) is 2. The van der Waals surface area contributed by atoms with Gasteiger partial charge in [-0.3, -0.25) is 5.32 Å². The van der Waals surface area contributed by atoms with Gasteiger partial charge in [-0.05, 0) is 36.6 Å². The average molecular weight is 209 g/mol. The predicted molar refractivity (Wildman–Crippen MR) is 56.1 cm³/mol. The van der Waals surface area contributed by atoms with Crippen LogP contribution in [0.2, 0.25) is 0 Å². The fourth-order valence-corrected chi connectivity index (χ4v) is 1.66. The summed E-state index contributed by atoms with van der Waals surface area (Å²) >= 11 is 0. The van der Waals surface area contributed by atoms with Crippen molar-refractivity contribution in [1.29, 1.82) is 0 Å². The molecule has 1 aliphatic heterocycles. The monoisotopic (exact) mass is 209 g/mol. The van der Waals surface area contributed by atoms with Crippen molar-refractivity contribution in [2.45, 2.75) is 13.3 Å². The van der Waals surface area contributed by atoms with Gasteiger partial charge in [0.05, 0.1) is 6.73 Å². The molecule has 0 saturated heterocycles. The molecular weight excluding hydrogens is 194 g/mol. The number of fused-ring (bicyclic) bond motifs is 1. The highest BCUT2D eigenvalue weighted by molar-refractivity contribution is 5.48. The molecule has 0 spiro atoms. The summed E-state index contributed by atoms with van der Waals surface area (Å²) in [4.78, 5) is 0. The first-order chi connectivity index (χ1) is 7.31. The van der Waals surface area contributed by atoms with E-state index in [0.717, 1.165) is 24.5 Å². The van der Waals surface area contributed by atoms with Crippen molar-refractivity contribution in [2.24, 2.45) is 0 Å². The van der Waals surface area contributed by atoms with Crippen LogP contribution in [0.25, 0.3) is 0 Å². The Labute approximate surface area is 88.8 Å². The number of aryl methyl sites for hydroxylation is 1. The van der Waals surface area contributed by atoms with Gasteiger partial charge in [-0.25, -0.2) is 0 Å². The van der Waals surface area contributed by atoms with Crippen molar-refractivity contribution >= 4 is 0 Å². The van der Waals surface area contributed by atoms with Crippen molar-refractivity contribution in [3.05, 3.63) is 23.3 Å². The lowest BCUT2D eigenvalue weighted by Crippen LogP contribution is -2.18. The van der Waals surface area contributed by atoms with Crippen LogP contribution in [0.5, 0.6) is 11.5 Å². The van der Waals surface area contributed by atoms with Crippen molar-refractivity contribution in [1.82, 2.24) is 5.32 Å². The molecule has 0 saturated carbocycles. The van der Waals surface area contributed by atoms with Gasteiger partial charge in [0.25, 0.3) is 0 Å². The molecule has 0 aliphatic carbocycles. The number of benzene rings is 1. The van der Waals surface area contributed by atoms with E-state index in [1.54, 1.807) is 0 Å². The summed E-state index contributed by atoms with van der Waals surface area (Å²) in [5, 5.41) is 11.5. The summed E-state index contributed by atoms with van der Waals surface area (Å²) in [6.07, 6.45) is 0.878. The largest absolute Gasteiger partial charge is 0.454 e. The van der Waals surface area contributed by atoms with Gasteiger partial charge in [0.15, 0.2) is 11.5 Å². The molecule has 4 heteroatoms. The molecule has 0 radical (unpaired) electrons. The third-order valence-corrected chi connectivity index (χ3v) is 2.51. The molecule has 4 nitrogen and oxygen atoms in total. The number of aliphatic hydroxyl groups is 1. The molecule has 0 amide bonds. The third-order valence-electron chi connectivity index (χ3n) is 2.51. The number of hydrogen-bond acceptors (Lipinski definition) is 4. The van der Waals surface area contributed by atoms with E-state index >= 15 is 0 Å². The molecule has 2 N–H and O–H groups in total. The minimum absolute atomic E-state index is 0.0175. The zero-order valence-corrected chi connectivity index (χ0v) is 8.75. The maximum absolute atomic E-state index is 8.61. The van der Waals surface area contributed by atoms with Crippen LogP contribution in [0.4, 0.5) is 0 Å². The second kappa shape index (κ2) is 4.51. The highest BCUT2D eigenvalue weighted by atomic mass is 16.7. The summed E-state index contributed by atoms with van der Waals surface area (Å²) in [5.41, 5.74) is 2.42. The van der Waals surface area contributed by atoms with E-state index < -0.39 is 0 Å². The number of aliphatic hydroxyl groups excluding tert-OH is 1. The topological polar surface area (TPSA) is 50.7 Å². The van der Waals surface area contributed by atoms with Crippen LogP contribution in [0.15, 0.2) is 12.1 Å². The Kier molecular flexibility index (Phi) is 3.08. The van der Waals surface area contributed by atoms with Crippen LogP contribution >= 0.6 is 0 Å². The SMILES string of the molecule is Cc1cc2c(cc1CCNCO)OCO2. The standard InChI is InChI=1S/C11H15NO3/c1-8-4-10-11(15-7-14-10)5-9(8)2-3-12-6-13/h4-5,12-13H,2-3,6-7H2,1H3. The highest BCUT2D eigenvalue weighted by Gasteiger charge is 2.15. The van der Waals surface area contributed by atoms with E-state index in [2.05, 4.69) is 12.2 Å². The molecule has 0 aromatic heterocycles. The predicted octanol–water partition coefficient (Wildman–Crippen LogP) is 0.806. The first-order valence-corrected chi connectivity index (χ1v) is 5.02. The van der Waals surface area contributed by atoms with E-state index in [-0.39, 0.29) is 6.73 Å². The second-order valence-electron chi connectivity index (χ2n) is 3.54. The molecule has 1 heterocycles. The van der Waals surface area contributed by atoms with Crippen LogP contribution in [-0.2, 0) is 6.42 Å². The Morgan fingerprint density at radius 3 is 2.80 bits per heavy atom. The molecule has 1 aromatic rings. The summed E-state index contributed by atoms with van der Waals surface area (Å²) < 4.78 is 10.6. The molecule has 0 unspecified atom stereocenters. The summed E-state index contributed by atoms with van der Waals surface area (Å²) in [6, 6.07) is 4.01. The van der Waals surface area contributed by atoms with E-state index in [4.69, 9.17) is 14.6 Å². The minimum atomic E-state index is 0.0175. The average Bonchev–Trinajstić information content (AvgIpc) is 2.65. The molecule has 1 aromatic carbocycles. The van der Waals surface area contributed by atoms with Gasteiger partial charge in [-0.2, -0.15) is 0 Å². The highest BCUT2D eigenvalue weighted by Crippen LogP contribution is 2.34. The Morgan fingerprint density at radius 1 is 1.33 bits per heavy atom. The van der Waals surface area contributed by atoms with Crippen LogP contribution in [0, 0.1) is 6.92 Å². The lowest BCUT2D eigenvalue weighted by molar-refractivity contribution is 0.174. The quantitative estimate of drug-likeness (QED) is 0.569.